The molecule has 1 aromatic heterocycles. The summed E-state index contributed by atoms with van der Waals surface area (Å²) in [5.74, 6) is 0. The Kier molecular flexibility index (Phi) is 3.78. The third-order valence-electron chi connectivity index (χ3n) is 3.07. The number of hydrogen-bond donors (Lipinski definition) is 1. The molecule has 0 fully saturated rings. The van der Waals surface area contributed by atoms with E-state index in [0.29, 0.717) is 21.4 Å². The standard InChI is InChI=1S/C16H10Cl2N2O/c17-12-5-1-10(2-6-12)14-9-15(21)16(20-19-14)11-3-7-13(18)8-4-11/h1-9H,(H,19,21). The fourth-order valence-corrected chi connectivity index (χ4v) is 2.25. The molecule has 0 aliphatic carbocycles. The minimum atomic E-state index is -0.152. The fourth-order valence-electron chi connectivity index (χ4n) is 1.99. The van der Waals surface area contributed by atoms with Gasteiger partial charge in [0.1, 0.15) is 5.69 Å². The molecule has 0 bridgehead atoms. The molecule has 0 amide bonds. The van der Waals surface area contributed by atoms with Crippen LogP contribution >= 0.6 is 23.2 Å². The van der Waals surface area contributed by atoms with E-state index < -0.39 is 0 Å². The number of nitrogens with one attached hydrogen (secondary N) is 1. The lowest BCUT2D eigenvalue weighted by molar-refractivity contribution is 1.03. The van der Waals surface area contributed by atoms with Gasteiger partial charge in [-0.2, -0.15) is 5.10 Å². The van der Waals surface area contributed by atoms with Crippen LogP contribution in [0.3, 0.4) is 0 Å². The normalized spacial score (nSPS) is 10.6. The molecule has 104 valence electrons. The molecule has 1 N–H and O–H groups in total. The highest BCUT2D eigenvalue weighted by Crippen LogP contribution is 2.20. The minimum Gasteiger partial charge on any atom is -0.287 e. The Balaban J connectivity index is 2.02. The lowest BCUT2D eigenvalue weighted by atomic mass is 10.1. The third-order valence-corrected chi connectivity index (χ3v) is 3.57. The predicted octanol–water partition coefficient (Wildman–Crippen LogP) is 4.41. The van der Waals surface area contributed by atoms with Gasteiger partial charge in [-0.3, -0.25) is 9.89 Å². The lowest BCUT2D eigenvalue weighted by Gasteiger charge is -2.04. The van der Waals surface area contributed by atoms with Crippen LogP contribution in [0.4, 0.5) is 0 Å². The van der Waals surface area contributed by atoms with Gasteiger partial charge in [0.25, 0.3) is 0 Å². The van der Waals surface area contributed by atoms with Crippen molar-refractivity contribution in [3.63, 3.8) is 0 Å². The molecule has 3 aromatic rings. The van der Waals surface area contributed by atoms with Gasteiger partial charge in [0.2, 0.25) is 5.43 Å². The van der Waals surface area contributed by atoms with Crippen molar-refractivity contribution >= 4 is 23.2 Å². The average Bonchev–Trinajstić information content (AvgIpc) is 2.49. The van der Waals surface area contributed by atoms with Crippen molar-refractivity contribution < 1.29 is 0 Å². The molecule has 1 heterocycles. The molecule has 0 saturated carbocycles. The number of benzene rings is 2. The topological polar surface area (TPSA) is 45.8 Å². The first-order chi connectivity index (χ1) is 10.1. The van der Waals surface area contributed by atoms with E-state index in [4.69, 9.17) is 23.2 Å². The molecule has 0 aliphatic heterocycles. The number of hydrogen-bond acceptors (Lipinski definition) is 2. The molecule has 0 aliphatic rings. The second-order valence-corrected chi connectivity index (χ2v) is 5.38. The summed E-state index contributed by atoms with van der Waals surface area (Å²) in [5.41, 5.74) is 2.44. The molecule has 0 spiro atoms. The zero-order chi connectivity index (χ0) is 14.8. The van der Waals surface area contributed by atoms with Crippen molar-refractivity contribution in [1.82, 2.24) is 10.2 Å². The predicted molar refractivity (Wildman–Crippen MR) is 85.7 cm³/mol. The number of halogens is 2. The number of aromatic nitrogens is 2. The van der Waals surface area contributed by atoms with Crippen LogP contribution in [0, 0.1) is 0 Å². The number of rotatable bonds is 2. The molecule has 5 heteroatoms. The van der Waals surface area contributed by atoms with E-state index in [0.717, 1.165) is 11.1 Å². The fraction of sp³-hybridized carbons (Fsp3) is 0. The van der Waals surface area contributed by atoms with Crippen molar-refractivity contribution in [2.75, 3.05) is 0 Å². The van der Waals surface area contributed by atoms with Gasteiger partial charge in [0.05, 0.1) is 5.69 Å². The summed E-state index contributed by atoms with van der Waals surface area (Å²) in [5, 5.41) is 8.33. The maximum absolute atomic E-state index is 12.2. The van der Waals surface area contributed by atoms with E-state index in [2.05, 4.69) is 10.2 Å². The largest absolute Gasteiger partial charge is 0.287 e. The van der Waals surface area contributed by atoms with Crippen LogP contribution in [0.15, 0.2) is 59.4 Å². The van der Waals surface area contributed by atoms with Crippen LogP contribution in [0.25, 0.3) is 22.5 Å². The summed E-state index contributed by atoms with van der Waals surface area (Å²) in [4.78, 5) is 12.2. The summed E-state index contributed by atoms with van der Waals surface area (Å²) in [6, 6.07) is 15.7. The maximum atomic E-state index is 12.2. The summed E-state index contributed by atoms with van der Waals surface area (Å²) < 4.78 is 0. The Morgan fingerprint density at radius 1 is 0.810 bits per heavy atom. The van der Waals surface area contributed by atoms with E-state index in [9.17, 15) is 4.79 Å². The Labute approximate surface area is 131 Å². The first kappa shape index (κ1) is 13.9. The lowest BCUT2D eigenvalue weighted by Crippen LogP contribution is -2.08. The van der Waals surface area contributed by atoms with E-state index in [1.54, 1.807) is 36.4 Å². The van der Waals surface area contributed by atoms with E-state index in [-0.39, 0.29) is 5.43 Å². The quantitative estimate of drug-likeness (QED) is 0.761. The summed E-state index contributed by atoms with van der Waals surface area (Å²) >= 11 is 11.7. The first-order valence-corrected chi connectivity index (χ1v) is 7.01. The second kappa shape index (κ2) is 5.72. The SMILES string of the molecule is O=c1cc(-c2ccc(Cl)cc2)[nH]nc1-c1ccc(Cl)cc1. The van der Waals surface area contributed by atoms with Crippen LogP contribution < -0.4 is 5.43 Å². The van der Waals surface area contributed by atoms with Gasteiger partial charge in [0, 0.05) is 21.7 Å². The first-order valence-electron chi connectivity index (χ1n) is 6.25. The summed E-state index contributed by atoms with van der Waals surface area (Å²) in [7, 11) is 0. The van der Waals surface area contributed by atoms with Crippen LogP contribution in [-0.2, 0) is 0 Å². The van der Waals surface area contributed by atoms with Crippen LogP contribution in [0.2, 0.25) is 10.0 Å². The molecule has 0 atom stereocenters. The van der Waals surface area contributed by atoms with Gasteiger partial charge < -0.3 is 0 Å². The third kappa shape index (κ3) is 2.99. The average molecular weight is 317 g/mol. The Morgan fingerprint density at radius 3 is 1.86 bits per heavy atom. The number of aromatic amines is 1. The number of H-pyrrole nitrogens is 1. The Bertz CT molecular complexity index is 824. The van der Waals surface area contributed by atoms with Gasteiger partial charge in [0.15, 0.2) is 0 Å². The van der Waals surface area contributed by atoms with Gasteiger partial charge in [-0.25, -0.2) is 0 Å². The zero-order valence-corrected chi connectivity index (χ0v) is 12.3. The van der Waals surface area contributed by atoms with Crippen molar-refractivity contribution in [3.05, 3.63) is 74.9 Å². The zero-order valence-electron chi connectivity index (χ0n) is 10.8. The Morgan fingerprint density at radius 2 is 1.33 bits per heavy atom. The van der Waals surface area contributed by atoms with Crippen molar-refractivity contribution in [2.24, 2.45) is 0 Å². The van der Waals surface area contributed by atoms with Crippen molar-refractivity contribution in [1.29, 1.82) is 0 Å². The van der Waals surface area contributed by atoms with Gasteiger partial charge in [-0.1, -0.05) is 47.5 Å². The molecule has 0 unspecified atom stereocenters. The van der Waals surface area contributed by atoms with Gasteiger partial charge >= 0.3 is 0 Å². The molecule has 3 rings (SSSR count). The van der Waals surface area contributed by atoms with Crippen molar-refractivity contribution in [3.8, 4) is 22.5 Å². The highest BCUT2D eigenvalue weighted by atomic mass is 35.5. The van der Waals surface area contributed by atoms with Gasteiger partial charge in [-0.15, -0.1) is 0 Å². The maximum Gasteiger partial charge on any atom is 0.208 e. The van der Waals surface area contributed by atoms with E-state index in [1.165, 1.54) is 6.07 Å². The smallest absolute Gasteiger partial charge is 0.208 e. The van der Waals surface area contributed by atoms with E-state index in [1.807, 2.05) is 12.1 Å². The molecule has 0 radical (unpaired) electrons. The molecule has 0 saturated heterocycles. The molecular weight excluding hydrogens is 307 g/mol. The highest BCUT2D eigenvalue weighted by Gasteiger charge is 2.07. The van der Waals surface area contributed by atoms with Crippen molar-refractivity contribution in [2.45, 2.75) is 0 Å². The molecule has 2 aromatic carbocycles. The summed E-state index contributed by atoms with van der Waals surface area (Å²) in [6.45, 7) is 0. The summed E-state index contributed by atoms with van der Waals surface area (Å²) in [6.07, 6.45) is 0. The Hall–Kier alpha value is -2.10. The molecule has 3 nitrogen and oxygen atoms in total. The van der Waals surface area contributed by atoms with E-state index >= 15 is 0 Å². The highest BCUT2D eigenvalue weighted by molar-refractivity contribution is 6.30. The number of nitrogens with zero attached hydrogens (tertiary/aromatic N) is 1. The van der Waals surface area contributed by atoms with Crippen LogP contribution in [0.5, 0.6) is 0 Å². The molecule has 21 heavy (non-hydrogen) atoms. The van der Waals surface area contributed by atoms with Crippen LogP contribution in [0.1, 0.15) is 0 Å². The van der Waals surface area contributed by atoms with Gasteiger partial charge in [-0.05, 0) is 29.8 Å². The molecular formula is C16H10Cl2N2O. The monoisotopic (exact) mass is 316 g/mol. The van der Waals surface area contributed by atoms with Crippen LogP contribution in [-0.4, -0.2) is 10.2 Å². The minimum absolute atomic E-state index is 0.152. The second-order valence-electron chi connectivity index (χ2n) is 4.51.